The van der Waals surface area contributed by atoms with Crippen molar-refractivity contribution < 1.29 is 0 Å². The van der Waals surface area contributed by atoms with E-state index in [1.165, 1.54) is 21.5 Å². The summed E-state index contributed by atoms with van der Waals surface area (Å²) in [4.78, 5) is 0. The van der Waals surface area contributed by atoms with Gasteiger partial charge in [-0.3, -0.25) is 0 Å². The quantitative estimate of drug-likeness (QED) is 0.323. The molecule has 0 aliphatic heterocycles. The molecule has 0 aliphatic rings. The van der Waals surface area contributed by atoms with Gasteiger partial charge in [0.25, 0.3) is 0 Å². The molecular formula is C14H13ClSi. The number of hydrogen-bond acceptors (Lipinski definition) is 0. The lowest BCUT2D eigenvalue weighted by Crippen LogP contribution is -1.74. The average molecular weight is 245 g/mol. The molecule has 0 nitrogen and oxygen atoms in total. The number of rotatable bonds is 0. The number of hydrogen-bond donors (Lipinski definition) is 0. The Hall–Kier alpha value is -1.31. The van der Waals surface area contributed by atoms with Crippen LogP contribution in [0, 0.1) is 0 Å². The zero-order valence-corrected chi connectivity index (χ0v) is 11.9. The number of benzene rings is 3. The predicted octanol–water partition coefficient (Wildman–Crippen LogP) is 3.50. The normalized spacial score (nSPS) is 10.1. The van der Waals surface area contributed by atoms with Crippen LogP contribution in [0.15, 0.2) is 60.7 Å². The van der Waals surface area contributed by atoms with Gasteiger partial charge in [0.2, 0.25) is 0 Å². The molecule has 16 heavy (non-hydrogen) atoms. The van der Waals surface area contributed by atoms with Gasteiger partial charge in [0.05, 0.1) is 0 Å². The molecule has 0 spiro atoms. The summed E-state index contributed by atoms with van der Waals surface area (Å²) in [5.74, 6) is 0. The third-order valence-corrected chi connectivity index (χ3v) is 2.61. The highest BCUT2D eigenvalue weighted by molar-refractivity contribution is 6.80. The Kier molecular flexibility index (Phi) is 3.60. The van der Waals surface area contributed by atoms with E-state index in [4.69, 9.17) is 11.1 Å². The van der Waals surface area contributed by atoms with Crippen molar-refractivity contribution in [3.63, 3.8) is 0 Å². The van der Waals surface area contributed by atoms with E-state index in [-0.39, 0.29) is 0 Å². The van der Waals surface area contributed by atoms with Gasteiger partial charge in [0, 0.05) is 0 Å². The molecule has 0 radical (unpaired) electrons. The lowest BCUT2D eigenvalue weighted by Gasteiger charge is -2.00. The van der Waals surface area contributed by atoms with E-state index in [1.54, 1.807) is 0 Å². The smallest absolute Gasteiger partial charge is 0.109 e. The van der Waals surface area contributed by atoms with Crippen molar-refractivity contribution in [2.75, 3.05) is 0 Å². The van der Waals surface area contributed by atoms with Gasteiger partial charge in [-0.05, 0) is 33.7 Å². The third-order valence-electron chi connectivity index (χ3n) is 2.61. The monoisotopic (exact) mass is 244 g/mol. The van der Waals surface area contributed by atoms with Crippen LogP contribution in [-0.2, 0) is 0 Å². The van der Waals surface area contributed by atoms with E-state index >= 15 is 0 Å². The fourth-order valence-electron chi connectivity index (χ4n) is 1.88. The maximum absolute atomic E-state index is 4.78. The summed E-state index contributed by atoms with van der Waals surface area (Å²) in [6, 6.07) is 21.4. The minimum absolute atomic E-state index is 0.778. The van der Waals surface area contributed by atoms with E-state index in [2.05, 4.69) is 60.7 Å². The Morgan fingerprint density at radius 3 is 1.06 bits per heavy atom. The fourth-order valence-corrected chi connectivity index (χ4v) is 1.88. The molecule has 3 rings (SSSR count). The van der Waals surface area contributed by atoms with Crippen LogP contribution in [0.4, 0.5) is 0 Å². The van der Waals surface area contributed by atoms with Crippen LogP contribution < -0.4 is 0 Å². The summed E-state index contributed by atoms with van der Waals surface area (Å²) in [6.07, 6.45) is 0. The van der Waals surface area contributed by atoms with Gasteiger partial charge in [-0.2, -0.15) is 11.1 Å². The molecule has 0 bridgehead atoms. The molecular weight excluding hydrogens is 232 g/mol. The van der Waals surface area contributed by atoms with E-state index in [0.29, 0.717) is 0 Å². The minimum atomic E-state index is 0.778. The van der Waals surface area contributed by atoms with Crippen LogP contribution in [0.1, 0.15) is 0 Å². The first-order valence-electron chi connectivity index (χ1n) is 5.19. The minimum Gasteiger partial charge on any atom is -0.181 e. The van der Waals surface area contributed by atoms with Crippen molar-refractivity contribution >= 4 is 42.2 Å². The highest BCUT2D eigenvalue weighted by atomic mass is 35.6. The van der Waals surface area contributed by atoms with Gasteiger partial charge in [-0.15, -0.1) is 0 Å². The molecule has 0 amide bonds. The summed E-state index contributed by atoms with van der Waals surface area (Å²) in [5.41, 5.74) is 0. The highest BCUT2D eigenvalue weighted by Crippen LogP contribution is 2.21. The molecule has 80 valence electrons. The SMILES string of the molecule is [SiH3]Cl.c1ccc2cc3ccccc3cc2c1. The van der Waals surface area contributed by atoms with E-state index < -0.39 is 0 Å². The van der Waals surface area contributed by atoms with E-state index in [9.17, 15) is 0 Å². The predicted molar refractivity (Wildman–Crippen MR) is 77.2 cm³/mol. The van der Waals surface area contributed by atoms with Gasteiger partial charge < -0.3 is 0 Å². The molecule has 0 heterocycles. The third kappa shape index (κ3) is 2.11. The van der Waals surface area contributed by atoms with Crippen molar-refractivity contribution in [1.29, 1.82) is 0 Å². The molecule has 2 heteroatoms. The van der Waals surface area contributed by atoms with Crippen molar-refractivity contribution in [2.24, 2.45) is 0 Å². The molecule has 0 N–H and O–H groups in total. The second-order valence-electron chi connectivity index (χ2n) is 3.55. The Balaban J connectivity index is 0.000000457. The van der Waals surface area contributed by atoms with Gasteiger partial charge >= 0.3 is 0 Å². The summed E-state index contributed by atoms with van der Waals surface area (Å²) >= 11 is 4.78. The zero-order chi connectivity index (χ0) is 11.4. The fraction of sp³-hybridized carbons (Fsp3) is 0. The maximum Gasteiger partial charge on any atom is 0.109 e. The molecule has 3 aromatic rings. The van der Waals surface area contributed by atoms with Crippen LogP contribution in [0.5, 0.6) is 0 Å². The second-order valence-corrected chi connectivity index (χ2v) is 3.55. The van der Waals surface area contributed by atoms with Crippen molar-refractivity contribution in [1.82, 2.24) is 0 Å². The Labute approximate surface area is 103 Å². The van der Waals surface area contributed by atoms with E-state index in [0.717, 1.165) is 9.55 Å². The first-order valence-corrected chi connectivity index (χ1v) is 8.21. The lowest BCUT2D eigenvalue weighted by molar-refractivity contribution is 1.76. The van der Waals surface area contributed by atoms with Gasteiger partial charge in [0.15, 0.2) is 0 Å². The molecule has 0 saturated carbocycles. The summed E-state index contributed by atoms with van der Waals surface area (Å²) in [7, 11) is 0.778. The standard InChI is InChI=1S/C14H10.ClH3Si/c1-2-6-12-10-14-8-4-3-7-13(14)9-11(12)5-1;1-2/h1-10H;2H3. The Morgan fingerprint density at radius 2 is 0.812 bits per heavy atom. The summed E-state index contributed by atoms with van der Waals surface area (Å²) in [6.45, 7) is 0. The largest absolute Gasteiger partial charge is 0.181 e. The lowest BCUT2D eigenvalue weighted by atomic mass is 10.0. The highest BCUT2D eigenvalue weighted by Gasteiger charge is 1.95. The molecule has 0 aromatic heterocycles. The summed E-state index contributed by atoms with van der Waals surface area (Å²) in [5, 5.41) is 5.25. The van der Waals surface area contributed by atoms with Crippen LogP contribution >= 0.6 is 11.1 Å². The zero-order valence-electron chi connectivity index (χ0n) is 9.15. The van der Waals surface area contributed by atoms with Crippen molar-refractivity contribution in [3.05, 3.63) is 60.7 Å². The summed E-state index contributed by atoms with van der Waals surface area (Å²) < 4.78 is 0. The number of fused-ring (bicyclic) bond motifs is 2. The topological polar surface area (TPSA) is 0 Å². The first-order chi connectivity index (χ1) is 7.93. The molecule has 0 unspecified atom stereocenters. The van der Waals surface area contributed by atoms with Gasteiger partial charge in [-0.25, -0.2) is 0 Å². The molecule has 0 aliphatic carbocycles. The molecule has 3 aromatic carbocycles. The van der Waals surface area contributed by atoms with Crippen LogP contribution in [0.3, 0.4) is 0 Å². The molecule has 0 fully saturated rings. The van der Waals surface area contributed by atoms with Crippen molar-refractivity contribution in [3.8, 4) is 0 Å². The molecule has 0 atom stereocenters. The maximum atomic E-state index is 4.78. The van der Waals surface area contributed by atoms with Gasteiger partial charge in [-0.1, -0.05) is 48.5 Å². The van der Waals surface area contributed by atoms with E-state index in [1.807, 2.05) is 0 Å². The van der Waals surface area contributed by atoms with Crippen LogP contribution in [0.2, 0.25) is 0 Å². The van der Waals surface area contributed by atoms with Gasteiger partial charge in [0.1, 0.15) is 9.55 Å². The van der Waals surface area contributed by atoms with Crippen molar-refractivity contribution in [2.45, 2.75) is 0 Å². The van der Waals surface area contributed by atoms with Crippen LogP contribution in [-0.4, -0.2) is 9.55 Å². The number of halogens is 1. The Morgan fingerprint density at radius 1 is 0.562 bits per heavy atom. The molecule has 0 saturated heterocycles. The van der Waals surface area contributed by atoms with Crippen LogP contribution in [0.25, 0.3) is 21.5 Å². The average Bonchev–Trinajstić information content (AvgIpc) is 2.38. The first kappa shape index (κ1) is 11.2. The second kappa shape index (κ2) is 5.15. The Bertz CT molecular complexity index is 499.